The summed E-state index contributed by atoms with van der Waals surface area (Å²) in [5.41, 5.74) is 0. The fraction of sp³-hybridized carbons (Fsp3) is 0.667. The van der Waals surface area contributed by atoms with E-state index in [4.69, 9.17) is 5.11 Å². The first-order valence-electron chi connectivity index (χ1n) is 6.15. The summed E-state index contributed by atoms with van der Waals surface area (Å²) < 4.78 is 26.6. The van der Waals surface area contributed by atoms with Crippen molar-refractivity contribution in [3.8, 4) is 0 Å². The smallest absolute Gasteiger partial charge is 0.252 e. The van der Waals surface area contributed by atoms with Crippen LogP contribution in [0.4, 0.5) is 0 Å². The molecule has 0 fully saturated rings. The van der Waals surface area contributed by atoms with Crippen molar-refractivity contribution in [1.29, 1.82) is 0 Å². The lowest BCUT2D eigenvalue weighted by atomic mass is 10.1. The van der Waals surface area contributed by atoms with Crippen LogP contribution >= 0.6 is 11.3 Å². The molecule has 1 unspecified atom stereocenters. The Balaban J connectivity index is 2.95. The van der Waals surface area contributed by atoms with E-state index in [1.807, 2.05) is 13.8 Å². The summed E-state index contributed by atoms with van der Waals surface area (Å²) in [6.07, 6.45) is 0.957. The molecule has 0 aliphatic heterocycles. The molecule has 0 saturated heterocycles. The summed E-state index contributed by atoms with van der Waals surface area (Å²) in [5.74, 6) is 0.344. The van der Waals surface area contributed by atoms with E-state index < -0.39 is 10.0 Å². The van der Waals surface area contributed by atoms with Gasteiger partial charge in [0, 0.05) is 18.0 Å². The van der Waals surface area contributed by atoms with E-state index >= 15 is 0 Å². The highest BCUT2D eigenvalue weighted by molar-refractivity contribution is 7.91. The van der Waals surface area contributed by atoms with Gasteiger partial charge in [-0.1, -0.05) is 27.2 Å². The Bertz CT molecular complexity index is 467. The van der Waals surface area contributed by atoms with Crippen LogP contribution in [0.25, 0.3) is 0 Å². The predicted molar refractivity (Wildman–Crippen MR) is 74.1 cm³/mol. The summed E-state index contributed by atoms with van der Waals surface area (Å²) in [4.78, 5) is 0.674. The Hall–Kier alpha value is -0.430. The third kappa shape index (κ3) is 3.54. The number of rotatable bonds is 7. The van der Waals surface area contributed by atoms with Gasteiger partial charge in [-0.2, -0.15) is 4.31 Å². The van der Waals surface area contributed by atoms with E-state index in [2.05, 4.69) is 6.92 Å². The Morgan fingerprint density at radius 2 is 2.06 bits per heavy atom. The number of sulfonamides is 1. The lowest BCUT2D eigenvalue weighted by molar-refractivity contribution is 0.285. The van der Waals surface area contributed by atoms with Gasteiger partial charge in [0.05, 0.1) is 6.61 Å². The summed E-state index contributed by atoms with van der Waals surface area (Å²) >= 11 is 1.14. The molecule has 0 radical (unpaired) electrons. The highest BCUT2D eigenvalue weighted by Crippen LogP contribution is 2.25. The molecule has 4 nitrogen and oxygen atoms in total. The zero-order valence-electron chi connectivity index (χ0n) is 11.1. The summed E-state index contributed by atoms with van der Waals surface area (Å²) in [5, 5.41) is 9.00. The normalized spacial score (nSPS) is 14.1. The van der Waals surface area contributed by atoms with Gasteiger partial charge < -0.3 is 5.11 Å². The minimum absolute atomic E-state index is 0.113. The zero-order valence-corrected chi connectivity index (χ0v) is 12.7. The molecule has 1 N–H and O–H groups in total. The molecule has 0 aliphatic rings. The minimum Gasteiger partial charge on any atom is -0.391 e. The van der Waals surface area contributed by atoms with Crippen LogP contribution in [0.2, 0.25) is 0 Å². The largest absolute Gasteiger partial charge is 0.391 e. The van der Waals surface area contributed by atoms with Gasteiger partial charge in [0.2, 0.25) is 0 Å². The van der Waals surface area contributed by atoms with Crippen molar-refractivity contribution < 1.29 is 13.5 Å². The Morgan fingerprint density at radius 3 is 2.50 bits per heavy atom. The maximum atomic E-state index is 12.4. The van der Waals surface area contributed by atoms with E-state index in [1.165, 1.54) is 4.31 Å². The standard InChI is InChI=1S/C12H21NO3S2/c1-4-10(3)8-13(5-2)18(15,16)12-7-6-11(9-14)17-12/h6-7,10,14H,4-5,8-9H2,1-3H3. The van der Waals surface area contributed by atoms with Crippen molar-refractivity contribution in [2.24, 2.45) is 5.92 Å². The van der Waals surface area contributed by atoms with Gasteiger partial charge in [-0.15, -0.1) is 11.3 Å². The van der Waals surface area contributed by atoms with Crippen LogP contribution in [0.5, 0.6) is 0 Å². The van der Waals surface area contributed by atoms with Gasteiger partial charge in [-0.05, 0) is 18.1 Å². The molecular weight excluding hydrogens is 270 g/mol. The van der Waals surface area contributed by atoms with E-state index in [0.717, 1.165) is 17.8 Å². The van der Waals surface area contributed by atoms with Crippen molar-refractivity contribution in [1.82, 2.24) is 4.31 Å². The second-order valence-corrected chi connectivity index (χ2v) is 7.68. The van der Waals surface area contributed by atoms with Crippen LogP contribution in [0.3, 0.4) is 0 Å². The minimum atomic E-state index is -3.40. The maximum absolute atomic E-state index is 12.4. The molecule has 1 heterocycles. The first kappa shape index (κ1) is 15.6. The molecule has 0 spiro atoms. The molecule has 1 aromatic heterocycles. The van der Waals surface area contributed by atoms with Crippen LogP contribution in [0.15, 0.2) is 16.3 Å². The number of hydrogen-bond donors (Lipinski definition) is 1. The van der Waals surface area contributed by atoms with Crippen LogP contribution in [-0.2, 0) is 16.6 Å². The molecule has 0 saturated carbocycles. The van der Waals surface area contributed by atoms with Crippen molar-refractivity contribution >= 4 is 21.4 Å². The van der Waals surface area contributed by atoms with E-state index in [9.17, 15) is 8.42 Å². The SMILES string of the molecule is CCC(C)CN(CC)S(=O)(=O)c1ccc(CO)s1. The molecule has 0 aliphatic carbocycles. The van der Waals surface area contributed by atoms with Crippen molar-refractivity contribution in [2.75, 3.05) is 13.1 Å². The Morgan fingerprint density at radius 1 is 1.39 bits per heavy atom. The first-order valence-corrected chi connectivity index (χ1v) is 8.41. The topological polar surface area (TPSA) is 57.6 Å². The Labute approximate surface area is 113 Å². The van der Waals surface area contributed by atoms with Gasteiger partial charge in [0.1, 0.15) is 4.21 Å². The quantitative estimate of drug-likeness (QED) is 0.838. The molecule has 104 valence electrons. The molecule has 0 aromatic carbocycles. The van der Waals surface area contributed by atoms with Crippen LogP contribution in [0.1, 0.15) is 32.1 Å². The van der Waals surface area contributed by atoms with Gasteiger partial charge in [0.25, 0.3) is 10.0 Å². The molecule has 18 heavy (non-hydrogen) atoms. The average molecular weight is 291 g/mol. The van der Waals surface area contributed by atoms with Crippen LogP contribution in [-0.4, -0.2) is 30.9 Å². The number of aliphatic hydroxyl groups excluding tert-OH is 1. The predicted octanol–water partition coefficient (Wildman–Crippen LogP) is 2.30. The van der Waals surface area contributed by atoms with E-state index in [1.54, 1.807) is 12.1 Å². The third-order valence-corrected chi connectivity index (χ3v) is 6.43. The van der Waals surface area contributed by atoms with Crippen LogP contribution in [0, 0.1) is 5.92 Å². The van der Waals surface area contributed by atoms with E-state index in [0.29, 0.717) is 28.1 Å². The highest BCUT2D eigenvalue weighted by Gasteiger charge is 2.25. The fourth-order valence-electron chi connectivity index (χ4n) is 1.58. The number of hydrogen-bond acceptors (Lipinski definition) is 4. The number of nitrogens with zero attached hydrogens (tertiary/aromatic N) is 1. The van der Waals surface area contributed by atoms with Gasteiger partial charge in [-0.25, -0.2) is 8.42 Å². The van der Waals surface area contributed by atoms with Crippen LogP contribution < -0.4 is 0 Å². The van der Waals surface area contributed by atoms with Gasteiger partial charge >= 0.3 is 0 Å². The van der Waals surface area contributed by atoms with Gasteiger partial charge in [-0.3, -0.25) is 0 Å². The van der Waals surface area contributed by atoms with Crippen molar-refractivity contribution in [2.45, 2.75) is 38.0 Å². The number of thiophene rings is 1. The lowest BCUT2D eigenvalue weighted by Gasteiger charge is -2.22. The summed E-state index contributed by atoms with van der Waals surface area (Å²) in [6, 6.07) is 3.24. The van der Waals surface area contributed by atoms with Crippen molar-refractivity contribution in [3.63, 3.8) is 0 Å². The summed E-state index contributed by atoms with van der Waals surface area (Å²) in [6.45, 7) is 6.85. The molecule has 0 amide bonds. The zero-order chi connectivity index (χ0) is 13.8. The lowest BCUT2D eigenvalue weighted by Crippen LogP contribution is -2.34. The molecule has 6 heteroatoms. The first-order chi connectivity index (χ1) is 8.45. The monoisotopic (exact) mass is 291 g/mol. The molecule has 1 aromatic rings. The average Bonchev–Trinajstić information content (AvgIpc) is 2.84. The number of aliphatic hydroxyl groups is 1. The molecule has 0 bridgehead atoms. The molecular formula is C12H21NO3S2. The summed E-state index contributed by atoms with van der Waals surface area (Å²) in [7, 11) is -3.40. The Kier molecular flexibility index (Phi) is 5.78. The molecule has 1 rings (SSSR count). The van der Waals surface area contributed by atoms with E-state index in [-0.39, 0.29) is 6.61 Å². The maximum Gasteiger partial charge on any atom is 0.252 e. The third-order valence-electron chi connectivity index (χ3n) is 2.95. The highest BCUT2D eigenvalue weighted by atomic mass is 32.2. The molecule has 1 atom stereocenters. The second kappa shape index (κ2) is 6.65. The van der Waals surface area contributed by atoms with Gasteiger partial charge in [0.15, 0.2) is 0 Å². The second-order valence-electron chi connectivity index (χ2n) is 4.35. The fourth-order valence-corrected chi connectivity index (χ4v) is 4.52. The van der Waals surface area contributed by atoms with Crippen molar-refractivity contribution in [3.05, 3.63) is 17.0 Å².